The minimum atomic E-state index is -0.199. The molecule has 3 N–H and O–H groups in total. The number of hydrogen-bond acceptors (Lipinski definition) is 4. The van der Waals surface area contributed by atoms with E-state index in [1.54, 1.807) is 35.8 Å². The van der Waals surface area contributed by atoms with Crippen molar-refractivity contribution >= 4 is 28.6 Å². The van der Waals surface area contributed by atoms with E-state index in [1.165, 1.54) is 11.3 Å². The molecule has 1 heterocycles. The molecule has 76 valence electrons. The van der Waals surface area contributed by atoms with Crippen LogP contribution in [0.2, 0.25) is 0 Å². The van der Waals surface area contributed by atoms with Gasteiger partial charge in [-0.25, -0.2) is 4.98 Å². The van der Waals surface area contributed by atoms with Crippen molar-refractivity contribution in [2.24, 2.45) is 0 Å². The van der Waals surface area contributed by atoms with Crippen LogP contribution in [0.15, 0.2) is 35.8 Å². The van der Waals surface area contributed by atoms with E-state index in [4.69, 9.17) is 5.73 Å². The van der Waals surface area contributed by atoms with Crippen molar-refractivity contribution < 1.29 is 4.79 Å². The first-order valence-electron chi connectivity index (χ1n) is 4.32. The predicted molar refractivity (Wildman–Crippen MR) is 60.9 cm³/mol. The van der Waals surface area contributed by atoms with E-state index >= 15 is 0 Å². The molecular formula is C10H9N3OS. The molecule has 15 heavy (non-hydrogen) atoms. The first-order valence-corrected chi connectivity index (χ1v) is 5.20. The van der Waals surface area contributed by atoms with Crippen molar-refractivity contribution in [3.05, 3.63) is 40.8 Å². The fourth-order valence-corrected chi connectivity index (χ4v) is 1.62. The number of nitrogens with zero attached hydrogens (tertiary/aromatic N) is 1. The maximum Gasteiger partial charge on any atom is 0.284 e. The van der Waals surface area contributed by atoms with Gasteiger partial charge in [-0.2, -0.15) is 0 Å². The number of nitrogens with one attached hydrogen (secondary N) is 1. The van der Waals surface area contributed by atoms with E-state index in [0.29, 0.717) is 16.4 Å². The summed E-state index contributed by atoms with van der Waals surface area (Å²) in [5, 5.41) is 4.94. The molecule has 0 aliphatic rings. The summed E-state index contributed by atoms with van der Waals surface area (Å²) >= 11 is 1.31. The van der Waals surface area contributed by atoms with Gasteiger partial charge >= 0.3 is 0 Å². The number of nitrogens with two attached hydrogens (primary N) is 1. The van der Waals surface area contributed by atoms with Crippen LogP contribution in [0.1, 0.15) is 9.80 Å². The minimum absolute atomic E-state index is 0.199. The molecule has 0 bridgehead atoms. The molecule has 1 amide bonds. The number of anilines is 2. The predicted octanol–water partition coefficient (Wildman–Crippen LogP) is 1.98. The van der Waals surface area contributed by atoms with Crippen LogP contribution >= 0.6 is 11.3 Å². The Morgan fingerprint density at radius 3 is 2.67 bits per heavy atom. The Hall–Kier alpha value is -1.88. The Bertz CT molecular complexity index is 450. The highest BCUT2D eigenvalue weighted by molar-refractivity contribution is 7.11. The Labute approximate surface area is 90.8 Å². The summed E-state index contributed by atoms with van der Waals surface area (Å²) in [6, 6.07) is 6.97. The number of aromatic nitrogens is 1. The number of rotatable bonds is 2. The van der Waals surface area contributed by atoms with Gasteiger partial charge in [0.1, 0.15) is 0 Å². The normalized spacial score (nSPS) is 9.87. The number of carbonyl (C=O) groups is 1. The molecule has 5 heteroatoms. The number of hydrogen-bond donors (Lipinski definition) is 2. The standard InChI is InChI=1S/C10H9N3OS/c11-7-1-3-8(4-2-7)13-9(14)10-12-5-6-15-10/h1-6H,11H2,(H,13,14). The topological polar surface area (TPSA) is 68.0 Å². The second-order valence-electron chi connectivity index (χ2n) is 2.91. The number of nitrogen functional groups attached to an aromatic ring is 1. The van der Waals surface area contributed by atoms with Gasteiger partial charge in [-0.3, -0.25) is 4.79 Å². The summed E-state index contributed by atoms with van der Waals surface area (Å²) in [6.45, 7) is 0. The molecule has 1 aromatic carbocycles. The van der Waals surface area contributed by atoms with E-state index in [-0.39, 0.29) is 5.91 Å². The lowest BCUT2D eigenvalue weighted by Crippen LogP contribution is -2.11. The Balaban J connectivity index is 2.09. The average Bonchev–Trinajstić information content (AvgIpc) is 2.74. The summed E-state index contributed by atoms with van der Waals surface area (Å²) in [5.41, 5.74) is 6.91. The molecule has 2 aromatic rings. The minimum Gasteiger partial charge on any atom is -0.399 e. The van der Waals surface area contributed by atoms with Crippen molar-refractivity contribution in [1.82, 2.24) is 4.98 Å². The SMILES string of the molecule is Nc1ccc(NC(=O)c2nccs2)cc1. The lowest BCUT2D eigenvalue weighted by molar-refractivity contribution is 0.102. The van der Waals surface area contributed by atoms with Crippen LogP contribution in [-0.2, 0) is 0 Å². The van der Waals surface area contributed by atoms with Gasteiger partial charge in [0.15, 0.2) is 5.01 Å². The number of amides is 1. The lowest BCUT2D eigenvalue weighted by Gasteiger charge is -2.02. The molecular weight excluding hydrogens is 210 g/mol. The highest BCUT2D eigenvalue weighted by Crippen LogP contribution is 2.12. The molecule has 0 fully saturated rings. The third-order valence-electron chi connectivity index (χ3n) is 1.80. The van der Waals surface area contributed by atoms with Crippen molar-refractivity contribution in [3.63, 3.8) is 0 Å². The van der Waals surface area contributed by atoms with E-state index in [9.17, 15) is 4.79 Å². The van der Waals surface area contributed by atoms with Gasteiger partial charge in [-0.15, -0.1) is 11.3 Å². The zero-order chi connectivity index (χ0) is 10.7. The first kappa shape index (κ1) is 9.67. The average molecular weight is 219 g/mol. The molecule has 0 unspecified atom stereocenters. The molecule has 0 aliphatic carbocycles. The first-order chi connectivity index (χ1) is 7.25. The number of thiazole rings is 1. The van der Waals surface area contributed by atoms with Crippen LogP contribution in [0, 0.1) is 0 Å². The zero-order valence-corrected chi connectivity index (χ0v) is 8.62. The molecule has 2 rings (SSSR count). The summed E-state index contributed by atoms with van der Waals surface area (Å²) in [6.07, 6.45) is 1.60. The van der Waals surface area contributed by atoms with E-state index < -0.39 is 0 Å². The summed E-state index contributed by atoms with van der Waals surface area (Å²) in [7, 11) is 0. The fourth-order valence-electron chi connectivity index (χ4n) is 1.09. The van der Waals surface area contributed by atoms with E-state index in [0.717, 1.165) is 0 Å². The second-order valence-corrected chi connectivity index (χ2v) is 3.81. The largest absolute Gasteiger partial charge is 0.399 e. The van der Waals surface area contributed by atoms with Crippen LogP contribution in [-0.4, -0.2) is 10.9 Å². The number of carbonyl (C=O) groups excluding carboxylic acids is 1. The third kappa shape index (κ3) is 2.32. The fraction of sp³-hybridized carbons (Fsp3) is 0. The molecule has 0 atom stereocenters. The Morgan fingerprint density at radius 2 is 2.07 bits per heavy atom. The lowest BCUT2D eigenvalue weighted by atomic mass is 10.3. The van der Waals surface area contributed by atoms with Gasteiger partial charge in [-0.05, 0) is 24.3 Å². The van der Waals surface area contributed by atoms with Gasteiger partial charge in [0.2, 0.25) is 0 Å². The third-order valence-corrected chi connectivity index (χ3v) is 2.57. The maximum absolute atomic E-state index is 11.6. The smallest absolute Gasteiger partial charge is 0.284 e. The Morgan fingerprint density at radius 1 is 1.33 bits per heavy atom. The van der Waals surface area contributed by atoms with Crippen molar-refractivity contribution in [2.45, 2.75) is 0 Å². The molecule has 0 spiro atoms. The monoisotopic (exact) mass is 219 g/mol. The van der Waals surface area contributed by atoms with Gasteiger partial charge < -0.3 is 11.1 Å². The molecule has 0 saturated carbocycles. The van der Waals surface area contributed by atoms with E-state index in [1.807, 2.05) is 0 Å². The van der Waals surface area contributed by atoms with Gasteiger partial charge in [0.25, 0.3) is 5.91 Å². The maximum atomic E-state index is 11.6. The second kappa shape index (κ2) is 4.10. The van der Waals surface area contributed by atoms with Crippen molar-refractivity contribution in [3.8, 4) is 0 Å². The Kier molecular flexibility index (Phi) is 2.64. The molecule has 0 saturated heterocycles. The van der Waals surface area contributed by atoms with Gasteiger partial charge in [-0.1, -0.05) is 0 Å². The molecule has 0 aliphatic heterocycles. The van der Waals surface area contributed by atoms with E-state index in [2.05, 4.69) is 10.3 Å². The molecule has 1 aromatic heterocycles. The van der Waals surface area contributed by atoms with Crippen LogP contribution in [0.25, 0.3) is 0 Å². The highest BCUT2D eigenvalue weighted by Gasteiger charge is 2.07. The van der Waals surface area contributed by atoms with Crippen LogP contribution in [0.5, 0.6) is 0 Å². The van der Waals surface area contributed by atoms with Crippen LogP contribution in [0.3, 0.4) is 0 Å². The molecule has 4 nitrogen and oxygen atoms in total. The summed E-state index contributed by atoms with van der Waals surface area (Å²) in [5.74, 6) is -0.199. The quantitative estimate of drug-likeness (QED) is 0.759. The summed E-state index contributed by atoms with van der Waals surface area (Å²) in [4.78, 5) is 15.5. The highest BCUT2D eigenvalue weighted by atomic mass is 32.1. The van der Waals surface area contributed by atoms with Crippen molar-refractivity contribution in [2.75, 3.05) is 11.1 Å². The zero-order valence-electron chi connectivity index (χ0n) is 7.81. The van der Waals surface area contributed by atoms with Gasteiger partial charge in [0, 0.05) is 23.0 Å². The summed E-state index contributed by atoms with van der Waals surface area (Å²) < 4.78 is 0. The number of benzene rings is 1. The van der Waals surface area contributed by atoms with Crippen LogP contribution < -0.4 is 11.1 Å². The molecule has 0 radical (unpaired) electrons. The van der Waals surface area contributed by atoms with Crippen LogP contribution in [0.4, 0.5) is 11.4 Å². The van der Waals surface area contributed by atoms with Gasteiger partial charge in [0.05, 0.1) is 0 Å². The van der Waals surface area contributed by atoms with Crippen molar-refractivity contribution in [1.29, 1.82) is 0 Å².